The Morgan fingerprint density at radius 3 is 1.08 bits per heavy atom. The van der Waals surface area contributed by atoms with Gasteiger partial charge in [-0.1, -0.05) is 230 Å². The van der Waals surface area contributed by atoms with Crippen molar-refractivity contribution in [3.63, 3.8) is 0 Å². The fraction of sp³-hybridized carbons (Fsp3) is 0.896. The molecule has 0 aliphatic heterocycles. The molecule has 0 atom stereocenters. The summed E-state index contributed by atoms with van der Waals surface area (Å²) in [6, 6.07) is 0. The summed E-state index contributed by atoms with van der Waals surface area (Å²) in [5.74, 6) is 0.0111. The quantitative estimate of drug-likeness (QED) is 0.0388. The smallest absolute Gasteiger partial charge is 0.305 e. The zero-order valence-corrected chi connectivity index (χ0v) is 34.8. The lowest BCUT2D eigenvalue weighted by Gasteiger charge is -2.06. The first-order chi connectivity index (χ1) is 25.3. The predicted molar refractivity (Wildman–Crippen MR) is 227 cm³/mol. The van der Waals surface area contributed by atoms with E-state index in [4.69, 9.17) is 9.84 Å². The second-order valence-electron chi connectivity index (χ2n) is 15.8. The number of hydrogen-bond acceptors (Lipinski definition) is 3. The number of unbranched alkanes of at least 4 members (excludes halogenated alkanes) is 35. The van der Waals surface area contributed by atoms with Gasteiger partial charge >= 0.3 is 5.97 Å². The summed E-state index contributed by atoms with van der Waals surface area (Å²) in [7, 11) is 0. The molecule has 3 nitrogen and oxygen atoms in total. The van der Waals surface area contributed by atoms with E-state index in [9.17, 15) is 4.79 Å². The van der Waals surface area contributed by atoms with Crippen molar-refractivity contribution in [2.24, 2.45) is 0 Å². The van der Waals surface area contributed by atoms with Gasteiger partial charge < -0.3 is 9.84 Å². The molecule has 0 aromatic heterocycles. The SMILES string of the molecule is CCCCC/C=C\C/C=C\CCCCCCCC(=O)OCCCCCCCCCCCCCCCCCCCCCCCCCCCCCCO. The molecule has 1 N–H and O–H groups in total. The van der Waals surface area contributed by atoms with Crippen LogP contribution in [0.15, 0.2) is 24.3 Å². The van der Waals surface area contributed by atoms with Gasteiger partial charge in [0.25, 0.3) is 0 Å². The molecule has 0 spiro atoms. The summed E-state index contributed by atoms with van der Waals surface area (Å²) < 4.78 is 5.46. The van der Waals surface area contributed by atoms with Crippen LogP contribution in [0.1, 0.15) is 264 Å². The molecule has 0 saturated heterocycles. The molecule has 0 aliphatic carbocycles. The van der Waals surface area contributed by atoms with Crippen molar-refractivity contribution in [2.75, 3.05) is 13.2 Å². The van der Waals surface area contributed by atoms with Crippen LogP contribution >= 0.6 is 0 Å². The molecule has 0 unspecified atom stereocenters. The summed E-state index contributed by atoms with van der Waals surface area (Å²) in [5, 5.41) is 8.81. The maximum absolute atomic E-state index is 12.0. The number of ether oxygens (including phenoxy) is 1. The first kappa shape index (κ1) is 49.9. The van der Waals surface area contributed by atoms with Gasteiger partial charge in [-0.3, -0.25) is 4.79 Å². The maximum Gasteiger partial charge on any atom is 0.305 e. The highest BCUT2D eigenvalue weighted by Gasteiger charge is 2.03. The largest absolute Gasteiger partial charge is 0.466 e. The van der Waals surface area contributed by atoms with Gasteiger partial charge in [-0.2, -0.15) is 0 Å². The molecule has 0 bridgehead atoms. The summed E-state index contributed by atoms with van der Waals surface area (Å²) in [4.78, 5) is 12.0. The van der Waals surface area contributed by atoms with Gasteiger partial charge in [0.15, 0.2) is 0 Å². The van der Waals surface area contributed by atoms with E-state index in [1.807, 2.05) is 0 Å². The Balaban J connectivity index is 3.17. The van der Waals surface area contributed by atoms with E-state index in [2.05, 4.69) is 31.2 Å². The zero-order valence-electron chi connectivity index (χ0n) is 34.8. The van der Waals surface area contributed by atoms with Crippen molar-refractivity contribution in [2.45, 2.75) is 264 Å². The molecule has 0 saturated carbocycles. The van der Waals surface area contributed by atoms with Crippen molar-refractivity contribution in [1.82, 2.24) is 0 Å². The van der Waals surface area contributed by atoms with Crippen molar-refractivity contribution in [3.05, 3.63) is 24.3 Å². The van der Waals surface area contributed by atoms with E-state index in [0.717, 1.165) is 32.1 Å². The fourth-order valence-corrected chi connectivity index (χ4v) is 7.15. The second-order valence-corrected chi connectivity index (χ2v) is 15.8. The van der Waals surface area contributed by atoms with Crippen LogP contribution in [-0.2, 0) is 9.53 Å². The molecule has 0 aromatic rings. The van der Waals surface area contributed by atoms with E-state index in [1.165, 1.54) is 218 Å². The number of aliphatic hydroxyl groups is 1. The van der Waals surface area contributed by atoms with Gasteiger partial charge in [-0.15, -0.1) is 0 Å². The summed E-state index contributed by atoms with van der Waals surface area (Å²) in [5.41, 5.74) is 0. The van der Waals surface area contributed by atoms with Crippen molar-refractivity contribution < 1.29 is 14.6 Å². The Bertz CT molecular complexity index is 699. The zero-order chi connectivity index (χ0) is 36.8. The number of rotatable bonds is 44. The van der Waals surface area contributed by atoms with Crippen molar-refractivity contribution in [1.29, 1.82) is 0 Å². The Kier molecular flexibility index (Phi) is 45.9. The third-order valence-electron chi connectivity index (χ3n) is 10.6. The van der Waals surface area contributed by atoms with Crippen LogP contribution < -0.4 is 0 Å². The molecule has 0 fully saturated rings. The predicted octanol–water partition coefficient (Wildman–Crippen LogP) is 16.3. The normalized spacial score (nSPS) is 11.8. The van der Waals surface area contributed by atoms with Crippen LogP contribution in [0.5, 0.6) is 0 Å². The summed E-state index contributed by atoms with van der Waals surface area (Å²) in [6.45, 7) is 3.24. The highest BCUT2D eigenvalue weighted by atomic mass is 16.5. The van der Waals surface area contributed by atoms with Gasteiger partial charge in [0.2, 0.25) is 0 Å². The van der Waals surface area contributed by atoms with Gasteiger partial charge in [-0.25, -0.2) is 0 Å². The number of carbonyl (C=O) groups excluding carboxylic acids is 1. The van der Waals surface area contributed by atoms with E-state index in [1.54, 1.807) is 0 Å². The Morgan fingerprint density at radius 1 is 0.392 bits per heavy atom. The van der Waals surface area contributed by atoms with Gasteiger partial charge in [0.1, 0.15) is 0 Å². The topological polar surface area (TPSA) is 46.5 Å². The number of hydrogen-bond donors (Lipinski definition) is 1. The average molecular weight is 717 g/mol. The lowest BCUT2D eigenvalue weighted by atomic mass is 10.0. The molecule has 0 radical (unpaired) electrons. The number of allylic oxidation sites excluding steroid dienone is 4. The van der Waals surface area contributed by atoms with Crippen LogP contribution in [0.4, 0.5) is 0 Å². The van der Waals surface area contributed by atoms with Crippen LogP contribution in [-0.4, -0.2) is 24.3 Å². The highest BCUT2D eigenvalue weighted by molar-refractivity contribution is 5.69. The number of esters is 1. The standard InChI is InChI=1S/C48H92O3/c1-2-3-4-5-6-7-8-9-24-27-30-33-36-39-42-45-48(50)51-47-44-41-38-35-32-29-26-23-21-19-17-15-13-11-10-12-14-16-18-20-22-25-28-31-34-37-40-43-46-49/h6-7,9,24,49H,2-5,8,10-23,25-47H2,1H3/b7-6-,24-9-. The molecule has 0 aromatic carbocycles. The minimum Gasteiger partial charge on any atom is -0.466 e. The summed E-state index contributed by atoms with van der Waals surface area (Å²) >= 11 is 0. The fourth-order valence-electron chi connectivity index (χ4n) is 7.15. The molecular formula is C48H92O3. The molecule has 0 rings (SSSR count). The Labute approximate surface area is 321 Å². The number of carbonyl (C=O) groups is 1. The second kappa shape index (κ2) is 46.9. The van der Waals surface area contributed by atoms with Crippen molar-refractivity contribution in [3.8, 4) is 0 Å². The summed E-state index contributed by atoms with van der Waals surface area (Å²) in [6.07, 6.45) is 61.6. The molecule has 302 valence electrons. The Morgan fingerprint density at radius 2 is 0.706 bits per heavy atom. The van der Waals surface area contributed by atoms with Crippen LogP contribution in [0, 0.1) is 0 Å². The molecule has 3 heteroatoms. The third-order valence-corrected chi connectivity index (χ3v) is 10.6. The maximum atomic E-state index is 12.0. The first-order valence-corrected chi connectivity index (χ1v) is 23.4. The van der Waals surface area contributed by atoms with Gasteiger partial charge in [-0.05, 0) is 51.4 Å². The monoisotopic (exact) mass is 717 g/mol. The number of aliphatic hydroxyl groups excluding tert-OH is 1. The minimum atomic E-state index is 0.0111. The average Bonchev–Trinajstić information content (AvgIpc) is 3.14. The van der Waals surface area contributed by atoms with Crippen molar-refractivity contribution >= 4 is 5.97 Å². The molecule has 51 heavy (non-hydrogen) atoms. The third kappa shape index (κ3) is 46.9. The molecular weight excluding hydrogens is 625 g/mol. The molecule has 0 heterocycles. The van der Waals surface area contributed by atoms with Gasteiger partial charge in [0.05, 0.1) is 6.61 Å². The van der Waals surface area contributed by atoms with Crippen LogP contribution in [0.2, 0.25) is 0 Å². The van der Waals surface area contributed by atoms with E-state index >= 15 is 0 Å². The Hall–Kier alpha value is -1.09. The van der Waals surface area contributed by atoms with Gasteiger partial charge in [0, 0.05) is 13.0 Å². The lowest BCUT2D eigenvalue weighted by Crippen LogP contribution is -2.05. The van der Waals surface area contributed by atoms with Crippen LogP contribution in [0.25, 0.3) is 0 Å². The lowest BCUT2D eigenvalue weighted by molar-refractivity contribution is -0.143. The first-order valence-electron chi connectivity index (χ1n) is 23.4. The van der Waals surface area contributed by atoms with E-state index in [-0.39, 0.29) is 5.97 Å². The van der Waals surface area contributed by atoms with Crippen LogP contribution in [0.3, 0.4) is 0 Å². The highest BCUT2D eigenvalue weighted by Crippen LogP contribution is 2.16. The molecule has 0 amide bonds. The van der Waals surface area contributed by atoms with E-state index in [0.29, 0.717) is 19.6 Å². The van der Waals surface area contributed by atoms with E-state index < -0.39 is 0 Å². The molecule has 0 aliphatic rings. The minimum absolute atomic E-state index is 0.0111.